The number of aryl methyl sites for hydroxylation is 13. The Labute approximate surface area is 906 Å². The van der Waals surface area contributed by atoms with Crippen molar-refractivity contribution in [2.75, 3.05) is 26.4 Å². The van der Waals surface area contributed by atoms with Gasteiger partial charge in [0.2, 0.25) is 0 Å². The summed E-state index contributed by atoms with van der Waals surface area (Å²) in [6, 6.07) is 124. The first-order valence-corrected chi connectivity index (χ1v) is 58.4. The molecule has 0 aliphatic carbocycles. The van der Waals surface area contributed by atoms with Crippen LogP contribution in [0.2, 0.25) is 0 Å². The fourth-order valence-corrected chi connectivity index (χ4v) is 20.5. The van der Waals surface area contributed by atoms with Crippen LogP contribution in [0.3, 0.4) is 0 Å². The molecule has 790 valence electrons. The Hall–Kier alpha value is -11.9. The Morgan fingerprint density at radius 2 is 0.280 bits per heavy atom. The first-order chi connectivity index (χ1) is 73.7. The van der Waals surface area contributed by atoms with E-state index >= 15 is 0 Å². The van der Waals surface area contributed by atoms with Crippen molar-refractivity contribution in [1.82, 2.24) is 0 Å². The van der Waals surface area contributed by atoms with Crippen molar-refractivity contribution in [1.29, 1.82) is 0 Å². The summed E-state index contributed by atoms with van der Waals surface area (Å²) < 4.78 is 0. The molecule has 0 bridgehead atoms. The smallest absolute Gasteiger partial charge is 0.0681 e. The van der Waals surface area contributed by atoms with Crippen LogP contribution >= 0.6 is 0 Å². The number of hydrogen-bond acceptors (Lipinski definition) is 5. The van der Waals surface area contributed by atoms with Gasteiger partial charge in [0.1, 0.15) is 0 Å². The number of aliphatic hydroxyl groups excluding tert-OH is 5. The Bertz CT molecular complexity index is 6250. The second-order valence-corrected chi connectivity index (χ2v) is 41.3. The molecular weight excluding hydrogens is 1820 g/mol. The van der Waals surface area contributed by atoms with Gasteiger partial charge in [0.25, 0.3) is 0 Å². The quantitative estimate of drug-likeness (QED) is 0.0245. The highest BCUT2D eigenvalue weighted by molar-refractivity contribution is 5.80. The Balaban J connectivity index is 0.000000178. The molecule has 0 amide bonds. The van der Waals surface area contributed by atoms with E-state index in [4.69, 9.17) is 20.4 Å². The minimum absolute atomic E-state index is 0.0917. The molecule has 0 aromatic heterocycles. The van der Waals surface area contributed by atoms with Crippen LogP contribution < -0.4 is 0 Å². The molecule has 15 rings (SSSR count). The number of aliphatic hydroxyl groups is 5. The van der Waals surface area contributed by atoms with E-state index in [2.05, 4.69) is 391 Å². The molecule has 15 aromatic rings. The van der Waals surface area contributed by atoms with Crippen LogP contribution in [-0.4, -0.2) is 52.0 Å². The molecule has 0 fully saturated rings. The molecule has 0 aliphatic heterocycles. The van der Waals surface area contributed by atoms with Crippen molar-refractivity contribution in [3.8, 4) is 111 Å². The van der Waals surface area contributed by atoms with Gasteiger partial charge in [0, 0.05) is 26.4 Å². The first kappa shape index (κ1) is 118. The highest BCUT2D eigenvalue weighted by Gasteiger charge is 2.17. The predicted octanol–water partition coefficient (Wildman–Crippen LogP) is 38.5. The van der Waals surface area contributed by atoms with Gasteiger partial charge in [-0.05, 0) is 349 Å². The molecule has 5 N–H and O–H groups in total. The van der Waals surface area contributed by atoms with Gasteiger partial charge in [-0.3, -0.25) is 0 Å². The lowest BCUT2D eigenvalue weighted by Gasteiger charge is -2.12. The van der Waals surface area contributed by atoms with E-state index in [0.717, 1.165) is 95.5 Å². The standard InChI is InChI=1S/C31H40O.C30H38O.C29H36O.C28H34O.C27H32O/c1-3-5-6-8-11-25-13-17-28(18-14-25)30-21-22-31(27(4-2)24-30)29-19-15-26(16-20-29)12-9-7-10-23-32;1-3-5-6-7-10-24-12-16-27(17-13-24)29-20-21-30(26(4-2)23-29)28-18-14-25(15-19-28)11-8-9-22-31;1-3-5-6-7-9-23-11-15-26(16-12-23)28-19-20-29(25(4-2)22-28)27-17-13-24(14-18-27)10-8-21-30;1-3-5-6-7-8-22-9-13-25(14-10-22)27-17-18-28(24(4-2)21-27)26-15-11-23(12-16-26)19-20-29;1-3-5-6-7-8-21-9-13-24(14-10-21)26-17-18-27(23(4-2)19-26)25-15-11-22(20-28)12-16-25/h13-22,24,32H,3-12,23H2,1-2H3;12-21,23,31H,3-11,22H2,1-2H3;11-20,22,30H,3-10,21H2,1-2H3;9-18,21,29H,3-8,19-20H2,1-2H3;9-19,28H,3-8,20H2,1-2H3. The van der Waals surface area contributed by atoms with Crippen molar-refractivity contribution < 1.29 is 25.5 Å². The molecular formula is C145H180O5. The summed E-state index contributed by atoms with van der Waals surface area (Å²) in [5.74, 6) is 0. The summed E-state index contributed by atoms with van der Waals surface area (Å²) in [6.07, 6.45) is 47.0. The maximum Gasteiger partial charge on any atom is 0.0681 e. The highest BCUT2D eigenvalue weighted by atomic mass is 16.3. The van der Waals surface area contributed by atoms with Gasteiger partial charge in [0.15, 0.2) is 0 Å². The summed E-state index contributed by atoms with van der Waals surface area (Å²) >= 11 is 0. The van der Waals surface area contributed by atoms with E-state index in [1.807, 2.05) is 12.1 Å². The lowest BCUT2D eigenvalue weighted by Crippen LogP contribution is -1.92. The molecule has 15 aromatic carbocycles. The third kappa shape index (κ3) is 38.8. The van der Waals surface area contributed by atoms with E-state index in [9.17, 15) is 5.11 Å². The summed E-state index contributed by atoms with van der Waals surface area (Å²) in [7, 11) is 0. The molecule has 0 unspecified atom stereocenters. The molecule has 0 spiro atoms. The monoisotopic (exact) mass is 2000 g/mol. The largest absolute Gasteiger partial charge is 0.396 e. The van der Waals surface area contributed by atoms with Gasteiger partial charge < -0.3 is 25.5 Å². The zero-order valence-electron chi connectivity index (χ0n) is 93.3. The van der Waals surface area contributed by atoms with Gasteiger partial charge in [-0.15, -0.1) is 0 Å². The highest BCUT2D eigenvalue weighted by Crippen LogP contribution is 2.38. The molecule has 5 nitrogen and oxygen atoms in total. The van der Waals surface area contributed by atoms with Crippen LogP contribution in [0.4, 0.5) is 0 Å². The number of hydrogen-bond donors (Lipinski definition) is 5. The summed E-state index contributed by atoms with van der Waals surface area (Å²) in [6.45, 7) is 23.6. The van der Waals surface area contributed by atoms with Crippen LogP contribution in [0.15, 0.2) is 334 Å². The Kier molecular flexibility index (Phi) is 53.7. The molecule has 150 heavy (non-hydrogen) atoms. The van der Waals surface area contributed by atoms with Gasteiger partial charge in [-0.1, -0.05) is 506 Å². The summed E-state index contributed by atoms with van der Waals surface area (Å²) in [4.78, 5) is 0. The second kappa shape index (κ2) is 68.1. The molecule has 5 heteroatoms. The summed E-state index contributed by atoms with van der Waals surface area (Å²) in [5.41, 5.74) is 46.2. The minimum Gasteiger partial charge on any atom is -0.396 e. The molecule has 0 saturated heterocycles. The first-order valence-electron chi connectivity index (χ1n) is 58.4. The van der Waals surface area contributed by atoms with Crippen LogP contribution in [-0.2, 0) is 96.5 Å². The molecule has 0 radical (unpaired) electrons. The maximum atomic E-state index is 9.25. The third-order valence-electron chi connectivity index (χ3n) is 30.0. The van der Waals surface area contributed by atoms with E-state index < -0.39 is 0 Å². The van der Waals surface area contributed by atoms with Crippen LogP contribution in [0.5, 0.6) is 0 Å². The number of unbranched alkanes of at least 4 members (excludes halogenated alkanes) is 18. The minimum atomic E-state index is 0.0917. The van der Waals surface area contributed by atoms with E-state index in [1.54, 1.807) is 0 Å². The van der Waals surface area contributed by atoms with E-state index in [-0.39, 0.29) is 26.4 Å². The lowest BCUT2D eigenvalue weighted by molar-refractivity contribution is 0.282. The average molecular weight is 2000 g/mol. The SMILES string of the molecule is CCCCCCc1ccc(-c2ccc(-c3ccc(CCCCCO)cc3)c(CC)c2)cc1.CCCCCCc1ccc(-c2ccc(-c3ccc(CCCCO)cc3)c(CC)c2)cc1.CCCCCCc1ccc(-c2ccc(-c3ccc(CCCO)cc3)c(CC)c2)cc1.CCCCCCc1ccc(-c2ccc(-c3ccc(CCO)cc3)c(CC)c2)cc1.CCCCCCc1ccc(-c2ccc(-c3ccc(CO)cc3)c(CC)c2)cc1. The van der Waals surface area contributed by atoms with Gasteiger partial charge in [-0.25, -0.2) is 0 Å². The maximum absolute atomic E-state index is 9.25. The van der Waals surface area contributed by atoms with Gasteiger partial charge >= 0.3 is 0 Å². The van der Waals surface area contributed by atoms with Crippen molar-refractivity contribution in [3.63, 3.8) is 0 Å². The fraction of sp³-hybridized carbons (Fsp3) is 0.379. The van der Waals surface area contributed by atoms with E-state index in [1.165, 1.54) is 350 Å². The van der Waals surface area contributed by atoms with Gasteiger partial charge in [0.05, 0.1) is 6.61 Å². The lowest BCUT2D eigenvalue weighted by atomic mass is 9.92. The number of rotatable bonds is 55. The average Bonchev–Trinajstić information content (AvgIpc) is 0.824. The van der Waals surface area contributed by atoms with Crippen LogP contribution in [0, 0.1) is 0 Å². The molecule has 0 saturated carbocycles. The molecule has 0 aliphatic rings. The third-order valence-corrected chi connectivity index (χ3v) is 30.0. The van der Waals surface area contributed by atoms with Gasteiger partial charge in [-0.2, -0.15) is 0 Å². The Morgan fingerprint density at radius 1 is 0.127 bits per heavy atom. The van der Waals surface area contributed by atoms with Crippen molar-refractivity contribution >= 4 is 0 Å². The zero-order chi connectivity index (χ0) is 106. The van der Waals surface area contributed by atoms with Crippen LogP contribution in [0.1, 0.15) is 320 Å². The Morgan fingerprint density at radius 3 is 0.453 bits per heavy atom. The fourth-order valence-electron chi connectivity index (χ4n) is 20.5. The van der Waals surface area contributed by atoms with Crippen LogP contribution in [0.25, 0.3) is 111 Å². The second-order valence-electron chi connectivity index (χ2n) is 41.3. The molecule has 0 heterocycles. The summed E-state index contributed by atoms with van der Waals surface area (Å²) in [5, 5.41) is 45.3. The zero-order valence-corrected chi connectivity index (χ0v) is 93.3. The number of benzene rings is 15. The van der Waals surface area contributed by atoms with E-state index in [0.29, 0.717) is 13.0 Å². The predicted molar refractivity (Wildman–Crippen MR) is 649 cm³/mol. The normalized spacial score (nSPS) is 11.0. The van der Waals surface area contributed by atoms with Crippen molar-refractivity contribution in [2.45, 2.75) is 333 Å². The van der Waals surface area contributed by atoms with Crippen molar-refractivity contribution in [3.05, 3.63) is 417 Å². The molecule has 0 atom stereocenters. The topological polar surface area (TPSA) is 101 Å². The van der Waals surface area contributed by atoms with Crippen molar-refractivity contribution in [2.24, 2.45) is 0 Å².